The van der Waals surface area contributed by atoms with Crippen molar-refractivity contribution in [3.8, 4) is 11.5 Å². The minimum absolute atomic E-state index is 0.0247. The van der Waals surface area contributed by atoms with E-state index in [1.165, 1.54) is 0 Å². The Kier molecular flexibility index (Phi) is 4.18. The lowest BCUT2D eigenvalue weighted by Gasteiger charge is -2.17. The molecular formula is C18H18ClNO3. The molecule has 1 aliphatic carbocycles. The van der Waals surface area contributed by atoms with Crippen molar-refractivity contribution in [1.29, 1.82) is 0 Å². The lowest BCUT2D eigenvalue weighted by atomic mass is 9.95. The summed E-state index contributed by atoms with van der Waals surface area (Å²) >= 11 is 5.93. The highest BCUT2D eigenvalue weighted by Gasteiger charge is 2.51. The largest absolute Gasteiger partial charge is 0.497 e. The standard InChI is InChI=1S/C18H18ClNO3/c1-22-14-7-8-15(16(11-14)23-2)20-17(21)18(9-10-18)12-3-5-13(19)6-4-12/h3-8,11H,9-10H2,1-2H3,(H,20,21). The van der Waals surface area contributed by atoms with E-state index in [1.54, 1.807) is 32.4 Å². The van der Waals surface area contributed by atoms with Crippen LogP contribution in [0.4, 0.5) is 5.69 Å². The summed E-state index contributed by atoms with van der Waals surface area (Å²) in [6, 6.07) is 12.8. The number of halogens is 1. The van der Waals surface area contributed by atoms with E-state index >= 15 is 0 Å². The van der Waals surface area contributed by atoms with Gasteiger partial charge in [0, 0.05) is 11.1 Å². The van der Waals surface area contributed by atoms with Gasteiger partial charge in [-0.2, -0.15) is 0 Å². The summed E-state index contributed by atoms with van der Waals surface area (Å²) < 4.78 is 10.5. The van der Waals surface area contributed by atoms with Gasteiger partial charge >= 0.3 is 0 Å². The van der Waals surface area contributed by atoms with Crippen LogP contribution in [-0.4, -0.2) is 20.1 Å². The van der Waals surface area contributed by atoms with E-state index in [0.29, 0.717) is 22.2 Å². The molecule has 3 rings (SSSR count). The molecule has 2 aromatic rings. The van der Waals surface area contributed by atoms with Gasteiger partial charge in [-0.3, -0.25) is 4.79 Å². The number of benzene rings is 2. The van der Waals surface area contributed by atoms with E-state index in [0.717, 1.165) is 18.4 Å². The number of hydrogen-bond donors (Lipinski definition) is 1. The Hall–Kier alpha value is -2.20. The first-order valence-electron chi connectivity index (χ1n) is 7.38. The lowest BCUT2D eigenvalue weighted by molar-refractivity contribution is -0.118. The average Bonchev–Trinajstić information content (AvgIpc) is 3.37. The predicted molar refractivity (Wildman–Crippen MR) is 90.5 cm³/mol. The van der Waals surface area contributed by atoms with Gasteiger partial charge in [-0.1, -0.05) is 23.7 Å². The molecule has 0 heterocycles. The topological polar surface area (TPSA) is 47.6 Å². The van der Waals surface area contributed by atoms with E-state index in [4.69, 9.17) is 21.1 Å². The van der Waals surface area contributed by atoms with Gasteiger partial charge in [-0.25, -0.2) is 0 Å². The van der Waals surface area contributed by atoms with Gasteiger partial charge < -0.3 is 14.8 Å². The van der Waals surface area contributed by atoms with Crippen LogP contribution in [0.3, 0.4) is 0 Å². The minimum Gasteiger partial charge on any atom is -0.497 e. The van der Waals surface area contributed by atoms with Crippen molar-refractivity contribution in [1.82, 2.24) is 0 Å². The Bertz CT molecular complexity index is 724. The smallest absolute Gasteiger partial charge is 0.235 e. The Labute approximate surface area is 140 Å². The van der Waals surface area contributed by atoms with E-state index in [2.05, 4.69) is 5.32 Å². The van der Waals surface area contributed by atoms with Crippen LogP contribution in [0, 0.1) is 0 Å². The molecule has 1 fully saturated rings. The maximum atomic E-state index is 12.8. The third-order valence-corrected chi connectivity index (χ3v) is 4.49. The monoisotopic (exact) mass is 331 g/mol. The van der Waals surface area contributed by atoms with Crippen molar-refractivity contribution >= 4 is 23.2 Å². The summed E-state index contributed by atoms with van der Waals surface area (Å²) in [5, 5.41) is 3.64. The third kappa shape index (κ3) is 2.99. The number of anilines is 1. The van der Waals surface area contributed by atoms with E-state index in [-0.39, 0.29) is 5.91 Å². The number of rotatable bonds is 5. The maximum Gasteiger partial charge on any atom is 0.235 e. The van der Waals surface area contributed by atoms with Gasteiger partial charge in [0.2, 0.25) is 5.91 Å². The molecule has 1 amide bonds. The molecule has 2 aromatic carbocycles. The molecular weight excluding hydrogens is 314 g/mol. The Balaban J connectivity index is 1.83. The molecule has 23 heavy (non-hydrogen) atoms. The molecule has 4 nitrogen and oxygen atoms in total. The number of hydrogen-bond acceptors (Lipinski definition) is 3. The zero-order chi connectivity index (χ0) is 16.4. The summed E-state index contributed by atoms with van der Waals surface area (Å²) in [5.41, 5.74) is 1.17. The van der Waals surface area contributed by atoms with Gasteiger partial charge in [0.25, 0.3) is 0 Å². The summed E-state index contributed by atoms with van der Waals surface area (Å²) in [4.78, 5) is 12.8. The van der Waals surface area contributed by atoms with E-state index in [1.807, 2.05) is 24.3 Å². The SMILES string of the molecule is COc1ccc(NC(=O)C2(c3ccc(Cl)cc3)CC2)c(OC)c1. The van der Waals surface area contributed by atoms with Gasteiger partial charge in [-0.05, 0) is 42.7 Å². The summed E-state index contributed by atoms with van der Waals surface area (Å²) in [7, 11) is 3.16. The number of amides is 1. The molecule has 0 bridgehead atoms. The van der Waals surface area contributed by atoms with Crippen molar-refractivity contribution in [3.63, 3.8) is 0 Å². The molecule has 5 heteroatoms. The highest BCUT2D eigenvalue weighted by molar-refractivity contribution is 6.30. The second kappa shape index (κ2) is 6.13. The first-order valence-corrected chi connectivity index (χ1v) is 7.76. The Morgan fingerprint density at radius 1 is 1.09 bits per heavy atom. The van der Waals surface area contributed by atoms with Crippen molar-refractivity contribution < 1.29 is 14.3 Å². The Morgan fingerprint density at radius 3 is 2.35 bits per heavy atom. The molecule has 1 N–H and O–H groups in total. The van der Waals surface area contributed by atoms with E-state index < -0.39 is 5.41 Å². The third-order valence-electron chi connectivity index (χ3n) is 4.24. The van der Waals surface area contributed by atoms with Gasteiger partial charge in [0.15, 0.2) is 0 Å². The highest BCUT2D eigenvalue weighted by atomic mass is 35.5. The molecule has 120 valence electrons. The van der Waals surface area contributed by atoms with Crippen LogP contribution in [-0.2, 0) is 10.2 Å². The second-order valence-corrected chi connectivity index (χ2v) is 6.05. The molecule has 0 radical (unpaired) electrons. The average molecular weight is 332 g/mol. The number of carbonyl (C=O) groups excluding carboxylic acids is 1. The molecule has 0 aliphatic heterocycles. The van der Waals surface area contributed by atoms with Gasteiger partial charge in [0.1, 0.15) is 11.5 Å². The number of nitrogens with one attached hydrogen (secondary N) is 1. The quantitative estimate of drug-likeness (QED) is 0.900. The van der Waals surface area contributed by atoms with Crippen molar-refractivity contribution in [2.24, 2.45) is 0 Å². The van der Waals surface area contributed by atoms with Crippen molar-refractivity contribution in [2.45, 2.75) is 18.3 Å². The molecule has 0 atom stereocenters. The van der Waals surface area contributed by atoms with Crippen LogP contribution in [0.5, 0.6) is 11.5 Å². The van der Waals surface area contributed by atoms with Crippen LogP contribution >= 0.6 is 11.6 Å². The molecule has 1 aliphatic rings. The van der Waals surface area contributed by atoms with Crippen LogP contribution in [0.2, 0.25) is 5.02 Å². The predicted octanol–water partition coefficient (Wildman–Crippen LogP) is 4.03. The fourth-order valence-electron chi connectivity index (χ4n) is 2.68. The maximum absolute atomic E-state index is 12.8. The van der Waals surface area contributed by atoms with Crippen molar-refractivity contribution in [3.05, 3.63) is 53.1 Å². The number of methoxy groups -OCH3 is 2. The van der Waals surface area contributed by atoms with Gasteiger partial charge in [-0.15, -0.1) is 0 Å². The molecule has 0 unspecified atom stereocenters. The van der Waals surface area contributed by atoms with Crippen LogP contribution in [0.1, 0.15) is 18.4 Å². The fourth-order valence-corrected chi connectivity index (χ4v) is 2.81. The summed E-state index contributed by atoms with van der Waals surface area (Å²) in [6.45, 7) is 0. The highest BCUT2D eigenvalue weighted by Crippen LogP contribution is 2.49. The minimum atomic E-state index is -0.463. The van der Waals surface area contributed by atoms with Crippen molar-refractivity contribution in [2.75, 3.05) is 19.5 Å². The lowest BCUT2D eigenvalue weighted by Crippen LogP contribution is -2.28. The molecule has 0 spiro atoms. The normalized spacial score (nSPS) is 14.9. The zero-order valence-corrected chi connectivity index (χ0v) is 13.8. The zero-order valence-electron chi connectivity index (χ0n) is 13.1. The summed E-state index contributed by atoms with van der Waals surface area (Å²) in [5.74, 6) is 1.23. The summed E-state index contributed by atoms with van der Waals surface area (Å²) in [6.07, 6.45) is 1.66. The molecule has 0 aromatic heterocycles. The Morgan fingerprint density at radius 2 is 1.78 bits per heavy atom. The molecule has 0 saturated heterocycles. The number of carbonyl (C=O) groups is 1. The van der Waals surface area contributed by atoms with Crippen LogP contribution in [0.15, 0.2) is 42.5 Å². The second-order valence-electron chi connectivity index (χ2n) is 5.61. The van der Waals surface area contributed by atoms with Gasteiger partial charge in [0.05, 0.1) is 25.3 Å². The number of ether oxygens (including phenoxy) is 2. The fraction of sp³-hybridized carbons (Fsp3) is 0.278. The van der Waals surface area contributed by atoms with Crippen LogP contribution < -0.4 is 14.8 Å². The first kappa shape index (κ1) is 15.7. The molecule has 1 saturated carbocycles. The van der Waals surface area contributed by atoms with Crippen LogP contribution in [0.25, 0.3) is 0 Å². The van der Waals surface area contributed by atoms with E-state index in [9.17, 15) is 4.79 Å². The first-order chi connectivity index (χ1) is 11.1.